The van der Waals surface area contributed by atoms with Gasteiger partial charge >= 0.3 is 0 Å². The van der Waals surface area contributed by atoms with Crippen molar-refractivity contribution >= 4 is 0 Å². The molecule has 0 unspecified atom stereocenters. The van der Waals surface area contributed by atoms with Crippen molar-refractivity contribution in [1.29, 1.82) is 0 Å². The lowest BCUT2D eigenvalue weighted by Gasteiger charge is -2.04. The van der Waals surface area contributed by atoms with Crippen LogP contribution in [0, 0.1) is 0 Å². The fourth-order valence-electron chi connectivity index (χ4n) is 1.44. The van der Waals surface area contributed by atoms with Crippen molar-refractivity contribution in [2.75, 3.05) is 0 Å². The molecule has 0 spiro atoms. The molecule has 1 aromatic carbocycles. The Bertz CT molecular complexity index is 440. The van der Waals surface area contributed by atoms with Crippen molar-refractivity contribution in [2.24, 2.45) is 0 Å². The van der Waals surface area contributed by atoms with Gasteiger partial charge in [-0.25, -0.2) is 8.78 Å². The highest BCUT2D eigenvalue weighted by atomic mass is 19.3. The van der Waals surface area contributed by atoms with Gasteiger partial charge in [-0.15, -0.1) is 0 Å². The summed E-state index contributed by atoms with van der Waals surface area (Å²) in [6, 6.07) is 8.03. The molecule has 17 heavy (non-hydrogen) atoms. The average molecular weight is 238 g/mol. The SMILES string of the molecule is FC(F)c1ccc(CNCc2ccno2)cc1. The van der Waals surface area contributed by atoms with Crippen LogP contribution in [0.15, 0.2) is 41.1 Å². The largest absolute Gasteiger partial charge is 0.360 e. The van der Waals surface area contributed by atoms with Crippen LogP contribution in [0.3, 0.4) is 0 Å². The van der Waals surface area contributed by atoms with Gasteiger partial charge in [0.2, 0.25) is 0 Å². The number of hydrogen-bond donors (Lipinski definition) is 1. The topological polar surface area (TPSA) is 38.1 Å². The van der Waals surface area contributed by atoms with Crippen molar-refractivity contribution < 1.29 is 13.3 Å². The van der Waals surface area contributed by atoms with Gasteiger partial charge in [0.05, 0.1) is 12.7 Å². The molecule has 0 aliphatic carbocycles. The van der Waals surface area contributed by atoms with Gasteiger partial charge in [-0.3, -0.25) is 0 Å². The highest BCUT2D eigenvalue weighted by Gasteiger charge is 2.05. The Morgan fingerprint density at radius 3 is 2.47 bits per heavy atom. The van der Waals surface area contributed by atoms with E-state index < -0.39 is 6.43 Å². The molecule has 1 aromatic heterocycles. The van der Waals surface area contributed by atoms with E-state index in [0.29, 0.717) is 13.1 Å². The van der Waals surface area contributed by atoms with Crippen molar-refractivity contribution in [3.63, 3.8) is 0 Å². The van der Waals surface area contributed by atoms with Crippen molar-refractivity contribution in [3.05, 3.63) is 53.4 Å². The van der Waals surface area contributed by atoms with E-state index in [1.807, 2.05) is 0 Å². The number of nitrogens with zero attached hydrogens (tertiary/aromatic N) is 1. The van der Waals surface area contributed by atoms with Crippen LogP contribution < -0.4 is 5.32 Å². The Morgan fingerprint density at radius 2 is 1.88 bits per heavy atom. The molecule has 2 aromatic rings. The molecule has 0 amide bonds. The first-order valence-corrected chi connectivity index (χ1v) is 5.23. The summed E-state index contributed by atoms with van der Waals surface area (Å²) in [6.07, 6.45) is -0.833. The van der Waals surface area contributed by atoms with E-state index >= 15 is 0 Å². The maximum Gasteiger partial charge on any atom is 0.263 e. The molecule has 0 atom stereocenters. The predicted molar refractivity (Wildman–Crippen MR) is 58.4 cm³/mol. The summed E-state index contributed by atoms with van der Waals surface area (Å²) in [5, 5.41) is 6.71. The number of benzene rings is 1. The number of hydrogen-bond acceptors (Lipinski definition) is 3. The smallest absolute Gasteiger partial charge is 0.263 e. The van der Waals surface area contributed by atoms with Gasteiger partial charge in [-0.2, -0.15) is 0 Å². The molecule has 0 radical (unpaired) electrons. The van der Waals surface area contributed by atoms with E-state index in [4.69, 9.17) is 4.52 Å². The lowest BCUT2D eigenvalue weighted by atomic mass is 10.1. The van der Waals surface area contributed by atoms with Crippen LogP contribution in [0.4, 0.5) is 8.78 Å². The number of alkyl halides is 2. The minimum Gasteiger partial charge on any atom is -0.360 e. The highest BCUT2D eigenvalue weighted by molar-refractivity contribution is 5.23. The maximum atomic E-state index is 12.3. The fourth-order valence-corrected chi connectivity index (χ4v) is 1.44. The third-order valence-electron chi connectivity index (χ3n) is 2.35. The summed E-state index contributed by atoms with van der Waals surface area (Å²) in [5.74, 6) is 0.745. The Kier molecular flexibility index (Phi) is 3.82. The van der Waals surface area contributed by atoms with Crippen LogP contribution in [-0.2, 0) is 13.1 Å². The molecule has 90 valence electrons. The van der Waals surface area contributed by atoms with Crippen LogP contribution in [0.1, 0.15) is 23.3 Å². The van der Waals surface area contributed by atoms with E-state index in [2.05, 4.69) is 10.5 Å². The molecule has 0 saturated carbocycles. The first kappa shape index (κ1) is 11.7. The van der Waals surface area contributed by atoms with E-state index in [1.165, 1.54) is 12.1 Å². The van der Waals surface area contributed by atoms with Crippen LogP contribution in [0.5, 0.6) is 0 Å². The Labute approximate surface area is 97.4 Å². The van der Waals surface area contributed by atoms with Crippen LogP contribution in [0.25, 0.3) is 0 Å². The number of nitrogens with one attached hydrogen (secondary N) is 1. The molecule has 0 aliphatic rings. The van der Waals surface area contributed by atoms with Gasteiger partial charge in [0.25, 0.3) is 6.43 Å². The molecule has 5 heteroatoms. The van der Waals surface area contributed by atoms with Gasteiger partial charge in [0, 0.05) is 18.2 Å². The maximum absolute atomic E-state index is 12.3. The summed E-state index contributed by atoms with van der Waals surface area (Å²) >= 11 is 0. The first-order valence-electron chi connectivity index (χ1n) is 5.23. The molecule has 1 heterocycles. The zero-order valence-corrected chi connectivity index (χ0v) is 9.07. The summed E-state index contributed by atoms with van der Waals surface area (Å²) in [4.78, 5) is 0. The zero-order chi connectivity index (χ0) is 12.1. The molecule has 2 rings (SSSR count). The van der Waals surface area contributed by atoms with E-state index in [9.17, 15) is 8.78 Å². The van der Waals surface area contributed by atoms with E-state index in [1.54, 1.807) is 24.4 Å². The third kappa shape index (κ3) is 3.35. The Balaban J connectivity index is 1.83. The molecule has 0 saturated heterocycles. The van der Waals surface area contributed by atoms with Crippen LogP contribution in [-0.4, -0.2) is 5.16 Å². The minimum atomic E-state index is -2.41. The predicted octanol–water partition coefficient (Wildman–Crippen LogP) is 2.90. The summed E-state index contributed by atoms with van der Waals surface area (Å²) in [6.45, 7) is 1.17. The van der Waals surface area contributed by atoms with Crippen molar-refractivity contribution in [3.8, 4) is 0 Å². The Morgan fingerprint density at radius 1 is 1.12 bits per heavy atom. The number of halogens is 2. The van der Waals surface area contributed by atoms with Gasteiger partial charge in [0.15, 0.2) is 0 Å². The molecule has 0 fully saturated rings. The normalized spacial score (nSPS) is 11.0. The summed E-state index contributed by atoms with van der Waals surface area (Å²) in [7, 11) is 0. The van der Waals surface area contributed by atoms with E-state index in [0.717, 1.165) is 11.3 Å². The molecular formula is C12H12F2N2O. The molecule has 3 nitrogen and oxygen atoms in total. The van der Waals surface area contributed by atoms with Gasteiger partial charge < -0.3 is 9.84 Å². The number of aromatic nitrogens is 1. The monoisotopic (exact) mass is 238 g/mol. The Hall–Kier alpha value is -1.75. The minimum absolute atomic E-state index is 0.0454. The second-order valence-electron chi connectivity index (χ2n) is 3.62. The number of rotatable bonds is 5. The third-order valence-corrected chi connectivity index (χ3v) is 2.35. The zero-order valence-electron chi connectivity index (χ0n) is 9.07. The molecule has 0 bridgehead atoms. The highest BCUT2D eigenvalue weighted by Crippen LogP contribution is 2.18. The van der Waals surface area contributed by atoms with Gasteiger partial charge in [0.1, 0.15) is 5.76 Å². The van der Waals surface area contributed by atoms with E-state index in [-0.39, 0.29) is 5.56 Å². The standard InChI is InChI=1S/C12H12F2N2O/c13-12(14)10-3-1-9(2-4-10)7-15-8-11-5-6-16-17-11/h1-6,12,15H,7-8H2. The molecular weight excluding hydrogens is 226 g/mol. The second-order valence-corrected chi connectivity index (χ2v) is 3.62. The average Bonchev–Trinajstić information content (AvgIpc) is 2.83. The van der Waals surface area contributed by atoms with Crippen molar-refractivity contribution in [2.45, 2.75) is 19.5 Å². The van der Waals surface area contributed by atoms with Gasteiger partial charge in [-0.1, -0.05) is 29.4 Å². The quantitative estimate of drug-likeness (QED) is 0.870. The first-order chi connectivity index (χ1) is 8.25. The molecule has 1 N–H and O–H groups in total. The summed E-state index contributed by atoms with van der Waals surface area (Å²) in [5.41, 5.74) is 0.998. The van der Waals surface area contributed by atoms with Crippen LogP contribution in [0.2, 0.25) is 0 Å². The fraction of sp³-hybridized carbons (Fsp3) is 0.250. The lowest BCUT2D eigenvalue weighted by Crippen LogP contribution is -2.12. The lowest BCUT2D eigenvalue weighted by molar-refractivity contribution is 0.151. The molecule has 0 aliphatic heterocycles. The second kappa shape index (κ2) is 5.54. The van der Waals surface area contributed by atoms with Crippen molar-refractivity contribution in [1.82, 2.24) is 10.5 Å². The van der Waals surface area contributed by atoms with Gasteiger partial charge in [-0.05, 0) is 5.56 Å². The van der Waals surface area contributed by atoms with Crippen LogP contribution >= 0.6 is 0 Å². The summed E-state index contributed by atoms with van der Waals surface area (Å²) < 4.78 is 29.5.